The molecule has 1 aromatic heterocycles. The Morgan fingerprint density at radius 2 is 1.48 bits per heavy atom. The Bertz CT molecular complexity index is 1230. The molecule has 33 heavy (non-hydrogen) atoms. The molecule has 0 aliphatic carbocycles. The number of fused-ring (bicyclic) bond motifs is 1. The number of ether oxygens (including phenoxy) is 2. The molecule has 0 aliphatic heterocycles. The summed E-state index contributed by atoms with van der Waals surface area (Å²) in [5, 5.41) is 3.50. The lowest BCUT2D eigenvalue weighted by Gasteiger charge is -2.21. The summed E-state index contributed by atoms with van der Waals surface area (Å²) in [7, 11) is 0. The van der Waals surface area contributed by atoms with Crippen molar-refractivity contribution in [2.45, 2.75) is 41.5 Å². The molecular formula is C24H25ClFN3O4. The first kappa shape index (κ1) is 24.4. The van der Waals surface area contributed by atoms with Crippen LogP contribution in [0.25, 0.3) is 10.9 Å². The Balaban J connectivity index is 2.10. The summed E-state index contributed by atoms with van der Waals surface area (Å²) in [6, 6.07) is 7.20. The van der Waals surface area contributed by atoms with Crippen LogP contribution in [0.2, 0.25) is 5.02 Å². The zero-order chi connectivity index (χ0) is 24.6. The van der Waals surface area contributed by atoms with Gasteiger partial charge in [0.25, 0.3) is 0 Å². The second kappa shape index (κ2) is 8.94. The molecule has 0 amide bonds. The number of nitrogens with one attached hydrogen (secondary N) is 1. The standard InChI is InChI=1S/C24H25ClFN3O4/c1-23(2,3)21(30)32-18-10-14-17(11-19(18)33-22(31)24(4,5)6)27-12-28-20(14)29-13-7-8-16(26)15(25)9-13/h7-12H,1-6H3,(H,27,28,29). The van der Waals surface area contributed by atoms with Gasteiger partial charge in [-0.15, -0.1) is 0 Å². The third-order valence-electron chi connectivity index (χ3n) is 4.51. The van der Waals surface area contributed by atoms with Crippen LogP contribution in [0.15, 0.2) is 36.7 Å². The number of carbonyl (C=O) groups is 2. The largest absolute Gasteiger partial charge is 0.422 e. The summed E-state index contributed by atoms with van der Waals surface area (Å²) in [5.41, 5.74) is -0.634. The second-order valence-electron chi connectivity index (χ2n) is 9.57. The smallest absolute Gasteiger partial charge is 0.316 e. The number of anilines is 2. The number of halogens is 2. The molecule has 2 aromatic carbocycles. The van der Waals surface area contributed by atoms with E-state index >= 15 is 0 Å². The lowest BCUT2D eigenvalue weighted by atomic mass is 9.97. The van der Waals surface area contributed by atoms with Gasteiger partial charge in [0.05, 0.1) is 21.4 Å². The van der Waals surface area contributed by atoms with Crippen LogP contribution in [0, 0.1) is 16.6 Å². The van der Waals surface area contributed by atoms with Gasteiger partial charge in [0, 0.05) is 17.1 Å². The highest BCUT2D eigenvalue weighted by Crippen LogP contribution is 2.37. The molecule has 0 saturated heterocycles. The Hall–Kier alpha value is -3.26. The molecule has 3 rings (SSSR count). The van der Waals surface area contributed by atoms with Crippen molar-refractivity contribution >= 4 is 45.9 Å². The lowest BCUT2D eigenvalue weighted by molar-refractivity contribution is -0.145. The normalized spacial score (nSPS) is 11.9. The molecule has 0 spiro atoms. The van der Waals surface area contributed by atoms with Crippen LogP contribution in [0.3, 0.4) is 0 Å². The van der Waals surface area contributed by atoms with Gasteiger partial charge in [-0.1, -0.05) is 11.6 Å². The zero-order valence-electron chi connectivity index (χ0n) is 19.2. The fraction of sp³-hybridized carbons (Fsp3) is 0.333. The van der Waals surface area contributed by atoms with Gasteiger partial charge in [0.1, 0.15) is 18.0 Å². The number of benzene rings is 2. The lowest BCUT2D eigenvalue weighted by Crippen LogP contribution is -2.28. The molecule has 0 bridgehead atoms. The van der Waals surface area contributed by atoms with Crippen LogP contribution in [-0.4, -0.2) is 21.9 Å². The minimum Gasteiger partial charge on any atom is -0.422 e. The number of nitrogens with zero attached hydrogens (tertiary/aromatic N) is 2. The second-order valence-corrected chi connectivity index (χ2v) is 9.98. The Morgan fingerprint density at radius 1 is 0.909 bits per heavy atom. The van der Waals surface area contributed by atoms with Crippen LogP contribution >= 0.6 is 11.6 Å². The molecule has 0 radical (unpaired) electrons. The van der Waals surface area contributed by atoms with E-state index in [2.05, 4.69) is 15.3 Å². The molecule has 3 aromatic rings. The van der Waals surface area contributed by atoms with Crippen molar-refractivity contribution in [1.82, 2.24) is 9.97 Å². The van der Waals surface area contributed by atoms with Crippen LogP contribution in [0.5, 0.6) is 11.5 Å². The van der Waals surface area contributed by atoms with Gasteiger partial charge in [-0.3, -0.25) is 9.59 Å². The average Bonchev–Trinajstić information content (AvgIpc) is 2.70. The first-order chi connectivity index (χ1) is 15.3. The molecule has 0 atom stereocenters. The van der Waals surface area contributed by atoms with Gasteiger partial charge in [0.15, 0.2) is 11.5 Å². The average molecular weight is 474 g/mol. The Kier molecular flexibility index (Phi) is 6.61. The fourth-order valence-corrected chi connectivity index (χ4v) is 2.72. The number of carbonyl (C=O) groups excluding carboxylic acids is 2. The van der Waals surface area contributed by atoms with Crippen LogP contribution in [0.1, 0.15) is 41.5 Å². The fourth-order valence-electron chi connectivity index (χ4n) is 2.54. The van der Waals surface area contributed by atoms with Gasteiger partial charge in [0.2, 0.25) is 0 Å². The van der Waals surface area contributed by atoms with Gasteiger partial charge in [-0.25, -0.2) is 14.4 Å². The van der Waals surface area contributed by atoms with Gasteiger partial charge in [-0.05, 0) is 65.8 Å². The predicted octanol–water partition coefficient (Wildman–Crippen LogP) is 6.07. The summed E-state index contributed by atoms with van der Waals surface area (Å²) in [5.74, 6) is -1.07. The summed E-state index contributed by atoms with van der Waals surface area (Å²) in [6.45, 7) is 10.3. The van der Waals surface area contributed by atoms with E-state index in [-0.39, 0.29) is 16.5 Å². The first-order valence-electron chi connectivity index (χ1n) is 10.2. The number of rotatable bonds is 4. The number of aromatic nitrogens is 2. The minimum absolute atomic E-state index is 0.0467. The number of hydrogen-bond donors (Lipinski definition) is 1. The van der Waals surface area contributed by atoms with Crippen LogP contribution in [-0.2, 0) is 9.59 Å². The van der Waals surface area contributed by atoms with E-state index in [1.54, 1.807) is 41.5 Å². The molecule has 7 nitrogen and oxygen atoms in total. The van der Waals surface area contributed by atoms with Crippen molar-refractivity contribution in [3.05, 3.63) is 47.5 Å². The maximum atomic E-state index is 13.5. The van der Waals surface area contributed by atoms with Crippen LogP contribution < -0.4 is 14.8 Å². The van der Waals surface area contributed by atoms with Crippen molar-refractivity contribution in [3.63, 3.8) is 0 Å². The van der Waals surface area contributed by atoms with E-state index in [4.69, 9.17) is 21.1 Å². The van der Waals surface area contributed by atoms with E-state index in [0.29, 0.717) is 22.4 Å². The van der Waals surface area contributed by atoms with E-state index in [1.165, 1.54) is 36.7 Å². The molecule has 1 heterocycles. The maximum Gasteiger partial charge on any atom is 0.316 e. The summed E-state index contributed by atoms with van der Waals surface area (Å²) >= 11 is 5.88. The van der Waals surface area contributed by atoms with Gasteiger partial charge >= 0.3 is 11.9 Å². The van der Waals surface area contributed by atoms with E-state index in [1.807, 2.05) is 0 Å². The van der Waals surface area contributed by atoms with Crippen molar-refractivity contribution in [3.8, 4) is 11.5 Å². The minimum atomic E-state index is -0.792. The molecule has 9 heteroatoms. The van der Waals surface area contributed by atoms with Crippen molar-refractivity contribution in [1.29, 1.82) is 0 Å². The van der Waals surface area contributed by atoms with Crippen molar-refractivity contribution in [2.24, 2.45) is 10.8 Å². The van der Waals surface area contributed by atoms with E-state index < -0.39 is 28.6 Å². The monoisotopic (exact) mass is 473 g/mol. The number of hydrogen-bond acceptors (Lipinski definition) is 7. The number of esters is 2. The SMILES string of the molecule is CC(C)(C)C(=O)Oc1cc2ncnc(Nc3ccc(F)c(Cl)c3)c2cc1OC(=O)C(C)(C)C. The first-order valence-corrected chi connectivity index (χ1v) is 10.6. The summed E-state index contributed by atoms with van der Waals surface area (Å²) in [6.07, 6.45) is 1.33. The highest BCUT2D eigenvalue weighted by Gasteiger charge is 2.29. The van der Waals surface area contributed by atoms with E-state index in [9.17, 15) is 14.0 Å². The molecule has 174 valence electrons. The molecule has 1 N–H and O–H groups in total. The van der Waals surface area contributed by atoms with Crippen molar-refractivity contribution < 1.29 is 23.5 Å². The maximum absolute atomic E-state index is 13.5. The third kappa shape index (κ3) is 5.76. The summed E-state index contributed by atoms with van der Waals surface area (Å²) in [4.78, 5) is 33.6. The molecule has 0 unspecified atom stereocenters. The molecule has 0 fully saturated rings. The zero-order valence-corrected chi connectivity index (χ0v) is 20.0. The van der Waals surface area contributed by atoms with E-state index in [0.717, 1.165) is 0 Å². The topological polar surface area (TPSA) is 90.4 Å². The third-order valence-corrected chi connectivity index (χ3v) is 4.80. The van der Waals surface area contributed by atoms with Gasteiger partial charge in [-0.2, -0.15) is 0 Å². The summed E-state index contributed by atoms with van der Waals surface area (Å²) < 4.78 is 24.7. The molecule has 0 saturated carbocycles. The molecular weight excluding hydrogens is 449 g/mol. The highest BCUT2D eigenvalue weighted by atomic mass is 35.5. The van der Waals surface area contributed by atoms with Gasteiger partial charge < -0.3 is 14.8 Å². The predicted molar refractivity (Wildman–Crippen MR) is 124 cm³/mol. The van der Waals surface area contributed by atoms with Crippen molar-refractivity contribution in [2.75, 3.05) is 5.32 Å². The Morgan fingerprint density at radius 3 is 2.03 bits per heavy atom. The molecule has 0 aliphatic rings. The quantitative estimate of drug-likeness (QED) is 0.363. The van der Waals surface area contributed by atoms with Crippen LogP contribution in [0.4, 0.5) is 15.9 Å². The Labute approximate surface area is 196 Å². The highest BCUT2D eigenvalue weighted by molar-refractivity contribution is 6.31.